The molecular weight excluding hydrogens is 280 g/mol. The molecule has 0 aromatic carbocycles. The average molecular weight is 296 g/mol. The molecule has 4 nitrogen and oxygen atoms in total. The summed E-state index contributed by atoms with van der Waals surface area (Å²) in [4.78, 5) is 22.6. The molecule has 0 spiro atoms. The van der Waals surface area contributed by atoms with Gasteiger partial charge in [0.25, 0.3) is 0 Å². The van der Waals surface area contributed by atoms with Gasteiger partial charge in [0.15, 0.2) is 0 Å². The van der Waals surface area contributed by atoms with Gasteiger partial charge in [-0.15, -0.1) is 11.3 Å². The Hall–Kier alpha value is -1.14. The molecule has 19 heavy (non-hydrogen) atoms. The number of rotatable bonds is 4. The third-order valence-electron chi connectivity index (χ3n) is 2.53. The van der Waals surface area contributed by atoms with Crippen molar-refractivity contribution < 1.29 is 9.53 Å². The summed E-state index contributed by atoms with van der Waals surface area (Å²) < 4.78 is 4.44. The van der Waals surface area contributed by atoms with E-state index in [9.17, 15) is 4.79 Å². The maximum Gasteiger partial charge on any atom is 0.322 e. The second-order valence-electron chi connectivity index (χ2n) is 4.59. The number of esters is 1. The average Bonchev–Trinajstić information content (AvgIpc) is 2.70. The van der Waals surface area contributed by atoms with Gasteiger partial charge in [-0.1, -0.05) is 11.8 Å². The summed E-state index contributed by atoms with van der Waals surface area (Å²) in [7, 11) is 0. The number of ether oxygens (including phenoxy) is 1. The molecule has 6 heteroatoms. The largest absolute Gasteiger partial charge is 0.465 e. The van der Waals surface area contributed by atoms with Crippen LogP contribution in [0, 0.1) is 6.92 Å². The van der Waals surface area contributed by atoms with Crippen LogP contribution in [-0.2, 0) is 9.53 Å². The molecule has 2 aromatic rings. The first-order valence-corrected chi connectivity index (χ1v) is 7.64. The van der Waals surface area contributed by atoms with Crippen molar-refractivity contribution in [3.63, 3.8) is 0 Å². The Balaban J connectivity index is 2.32. The van der Waals surface area contributed by atoms with Crippen molar-refractivity contribution in [2.75, 3.05) is 6.61 Å². The molecule has 0 atom stereocenters. The number of hydrogen-bond acceptors (Lipinski definition) is 6. The lowest BCUT2D eigenvalue weighted by Crippen LogP contribution is -2.30. The van der Waals surface area contributed by atoms with E-state index < -0.39 is 4.75 Å². The van der Waals surface area contributed by atoms with Gasteiger partial charge in [-0.25, -0.2) is 9.97 Å². The number of thioether (sulfide) groups is 1. The molecule has 0 amide bonds. The molecule has 0 aliphatic heterocycles. The van der Waals surface area contributed by atoms with E-state index >= 15 is 0 Å². The number of hydrogen-bond donors (Lipinski definition) is 0. The second-order valence-corrected chi connectivity index (χ2v) is 7.43. The Labute approximate surface area is 120 Å². The van der Waals surface area contributed by atoms with Crippen molar-refractivity contribution in [1.29, 1.82) is 0 Å². The van der Waals surface area contributed by atoms with Gasteiger partial charge in [0.05, 0.1) is 6.61 Å². The van der Waals surface area contributed by atoms with E-state index in [2.05, 4.69) is 16.0 Å². The first kappa shape index (κ1) is 14.3. The lowest BCUT2D eigenvalue weighted by Gasteiger charge is -2.21. The molecular formula is C13H16N2O2S2. The zero-order valence-corrected chi connectivity index (χ0v) is 13.0. The highest BCUT2D eigenvalue weighted by Gasteiger charge is 2.32. The van der Waals surface area contributed by atoms with Crippen molar-refractivity contribution in [1.82, 2.24) is 9.97 Å². The Kier molecular flexibility index (Phi) is 4.10. The topological polar surface area (TPSA) is 52.1 Å². The van der Waals surface area contributed by atoms with Gasteiger partial charge < -0.3 is 4.74 Å². The lowest BCUT2D eigenvalue weighted by atomic mass is 10.2. The van der Waals surface area contributed by atoms with Gasteiger partial charge in [-0.2, -0.15) is 0 Å². The highest BCUT2D eigenvalue weighted by molar-refractivity contribution is 8.01. The predicted octanol–water partition coefficient (Wildman–Crippen LogP) is 3.43. The summed E-state index contributed by atoms with van der Waals surface area (Å²) in [6.07, 6.45) is 1.54. The number of carbonyl (C=O) groups excluding carboxylic acids is 1. The third kappa shape index (κ3) is 3.06. The Morgan fingerprint density at radius 2 is 2.21 bits per heavy atom. The fourth-order valence-corrected chi connectivity index (χ4v) is 3.53. The summed E-state index contributed by atoms with van der Waals surface area (Å²) >= 11 is 3.05. The van der Waals surface area contributed by atoms with Gasteiger partial charge >= 0.3 is 5.97 Å². The maximum atomic E-state index is 11.9. The van der Waals surface area contributed by atoms with E-state index in [0.29, 0.717) is 6.61 Å². The van der Waals surface area contributed by atoms with Gasteiger partial charge in [0, 0.05) is 10.3 Å². The Bertz CT molecular complexity index is 608. The minimum Gasteiger partial charge on any atom is -0.465 e. The molecule has 0 fully saturated rings. The first-order valence-electron chi connectivity index (χ1n) is 6.01. The Morgan fingerprint density at radius 3 is 2.89 bits per heavy atom. The summed E-state index contributed by atoms with van der Waals surface area (Å²) in [6, 6.07) is 2.06. The fraction of sp³-hybridized carbons (Fsp3) is 0.462. The number of carbonyl (C=O) groups is 1. The fourth-order valence-electron chi connectivity index (χ4n) is 1.62. The van der Waals surface area contributed by atoms with Crippen LogP contribution in [0.15, 0.2) is 17.4 Å². The zero-order valence-electron chi connectivity index (χ0n) is 11.4. The minimum atomic E-state index is -0.660. The summed E-state index contributed by atoms with van der Waals surface area (Å²) in [5.41, 5.74) is 0. The van der Waals surface area contributed by atoms with Gasteiger partial charge in [-0.3, -0.25) is 4.79 Å². The van der Waals surface area contributed by atoms with Crippen LogP contribution in [0.4, 0.5) is 0 Å². The number of fused-ring (bicyclic) bond motifs is 1. The van der Waals surface area contributed by atoms with Crippen LogP contribution < -0.4 is 0 Å². The van der Waals surface area contributed by atoms with Crippen LogP contribution in [0.1, 0.15) is 25.6 Å². The number of thiophene rings is 1. The SMILES string of the molecule is CCOC(=O)C(C)(C)Sc1ncnc2sc(C)cc12. The standard InChI is InChI=1S/C13H16N2O2S2/c1-5-17-12(16)13(3,4)19-11-9-6-8(2)18-10(9)14-7-15-11/h6-7H,5H2,1-4H3. The van der Waals surface area contributed by atoms with Crippen LogP contribution in [0.5, 0.6) is 0 Å². The molecule has 0 saturated carbocycles. The van der Waals surface area contributed by atoms with E-state index in [4.69, 9.17) is 4.74 Å². The summed E-state index contributed by atoms with van der Waals surface area (Å²) in [5.74, 6) is -0.223. The van der Waals surface area contributed by atoms with Gasteiger partial charge in [0.1, 0.15) is 20.9 Å². The normalized spacial score (nSPS) is 11.8. The van der Waals surface area contributed by atoms with Crippen molar-refractivity contribution in [2.45, 2.75) is 37.5 Å². The van der Waals surface area contributed by atoms with Crippen LogP contribution in [0.3, 0.4) is 0 Å². The van der Waals surface area contributed by atoms with Crippen LogP contribution in [-0.4, -0.2) is 27.3 Å². The molecule has 0 radical (unpaired) electrons. The van der Waals surface area contributed by atoms with Crippen molar-refractivity contribution in [3.05, 3.63) is 17.3 Å². The highest BCUT2D eigenvalue weighted by atomic mass is 32.2. The lowest BCUT2D eigenvalue weighted by molar-refractivity contribution is -0.145. The maximum absolute atomic E-state index is 11.9. The molecule has 2 heterocycles. The molecule has 2 aromatic heterocycles. The minimum absolute atomic E-state index is 0.223. The van der Waals surface area contributed by atoms with E-state index in [1.807, 2.05) is 27.7 Å². The molecule has 0 aliphatic carbocycles. The van der Waals surface area contributed by atoms with Gasteiger partial charge in [0.2, 0.25) is 0 Å². The van der Waals surface area contributed by atoms with Crippen LogP contribution in [0.25, 0.3) is 10.2 Å². The molecule has 0 aliphatic rings. The first-order chi connectivity index (χ1) is 8.94. The molecule has 0 N–H and O–H groups in total. The summed E-state index contributed by atoms with van der Waals surface area (Å²) in [6.45, 7) is 7.94. The number of aromatic nitrogens is 2. The zero-order chi connectivity index (χ0) is 14.0. The number of aryl methyl sites for hydroxylation is 1. The Morgan fingerprint density at radius 1 is 1.47 bits per heavy atom. The predicted molar refractivity (Wildman–Crippen MR) is 78.7 cm³/mol. The second kappa shape index (κ2) is 5.46. The van der Waals surface area contributed by atoms with E-state index in [-0.39, 0.29) is 5.97 Å². The highest BCUT2D eigenvalue weighted by Crippen LogP contribution is 2.37. The molecule has 102 valence electrons. The van der Waals surface area contributed by atoms with E-state index in [1.54, 1.807) is 17.7 Å². The molecule has 2 rings (SSSR count). The van der Waals surface area contributed by atoms with E-state index in [1.165, 1.54) is 16.6 Å². The number of nitrogens with zero attached hydrogens (tertiary/aromatic N) is 2. The molecule has 0 bridgehead atoms. The van der Waals surface area contributed by atoms with E-state index in [0.717, 1.165) is 15.2 Å². The van der Waals surface area contributed by atoms with Crippen molar-refractivity contribution in [2.24, 2.45) is 0 Å². The molecule has 0 unspecified atom stereocenters. The third-order valence-corrected chi connectivity index (χ3v) is 4.69. The monoisotopic (exact) mass is 296 g/mol. The van der Waals surface area contributed by atoms with Crippen LogP contribution in [0.2, 0.25) is 0 Å². The van der Waals surface area contributed by atoms with Crippen molar-refractivity contribution in [3.8, 4) is 0 Å². The van der Waals surface area contributed by atoms with Gasteiger partial charge in [-0.05, 0) is 33.8 Å². The van der Waals surface area contributed by atoms with Crippen molar-refractivity contribution >= 4 is 39.3 Å². The quantitative estimate of drug-likeness (QED) is 0.491. The van der Waals surface area contributed by atoms with Crippen LogP contribution >= 0.6 is 23.1 Å². The summed E-state index contributed by atoms with van der Waals surface area (Å²) in [5, 5.41) is 1.83. The smallest absolute Gasteiger partial charge is 0.322 e. The molecule has 0 saturated heterocycles.